The van der Waals surface area contributed by atoms with Crippen molar-refractivity contribution in [3.8, 4) is 6.07 Å². The number of hydrogen-bond acceptors (Lipinski definition) is 3. The number of para-hydroxylation sites is 1. The largest absolute Gasteiger partial charge is 0.321 e. The number of fused-ring (bicyclic) bond motifs is 1. The fraction of sp³-hybridized carbons (Fsp3) is 0.261. The lowest BCUT2D eigenvalue weighted by Crippen LogP contribution is -2.33. The Morgan fingerprint density at radius 3 is 2.29 bits per heavy atom. The van der Waals surface area contributed by atoms with Gasteiger partial charge in [0.05, 0.1) is 11.3 Å². The molecule has 0 atom stereocenters. The summed E-state index contributed by atoms with van der Waals surface area (Å²) in [5.74, 6) is -0.887. The Morgan fingerprint density at radius 1 is 1.11 bits per heavy atom. The van der Waals surface area contributed by atoms with E-state index >= 15 is 0 Å². The van der Waals surface area contributed by atoms with Crippen molar-refractivity contribution in [1.82, 2.24) is 0 Å². The highest BCUT2D eigenvalue weighted by atomic mass is 16.2. The van der Waals surface area contributed by atoms with Crippen LogP contribution in [0.5, 0.6) is 0 Å². The Balaban J connectivity index is 2.10. The van der Waals surface area contributed by atoms with Crippen LogP contribution in [0.1, 0.15) is 36.1 Å². The third-order valence-electron chi connectivity index (χ3n) is 4.89. The zero-order chi connectivity index (χ0) is 20.6. The van der Waals surface area contributed by atoms with Crippen molar-refractivity contribution in [3.63, 3.8) is 0 Å². The average molecular weight is 373 g/mol. The Kier molecular flexibility index (Phi) is 5.06. The molecule has 0 saturated carbocycles. The summed E-state index contributed by atoms with van der Waals surface area (Å²) in [5, 5.41) is 12.6. The summed E-state index contributed by atoms with van der Waals surface area (Å²) in [7, 11) is 0. The van der Waals surface area contributed by atoms with E-state index < -0.39 is 5.91 Å². The van der Waals surface area contributed by atoms with Crippen molar-refractivity contribution in [2.75, 3.05) is 10.2 Å². The molecule has 2 amide bonds. The first-order valence-electron chi connectivity index (χ1n) is 9.22. The molecule has 0 bridgehead atoms. The number of nitrogens with one attached hydrogen (secondary N) is 1. The number of carbonyl (C=O) groups excluding carboxylic acids is 2. The van der Waals surface area contributed by atoms with E-state index in [0.717, 1.165) is 22.4 Å². The van der Waals surface area contributed by atoms with Gasteiger partial charge < -0.3 is 10.2 Å². The molecule has 2 aromatic carbocycles. The predicted molar refractivity (Wildman–Crippen MR) is 111 cm³/mol. The van der Waals surface area contributed by atoms with E-state index in [0.29, 0.717) is 11.3 Å². The van der Waals surface area contributed by atoms with Gasteiger partial charge in [0.2, 0.25) is 0 Å². The number of hydrogen-bond donors (Lipinski definition) is 1. The Hall–Kier alpha value is -3.39. The lowest BCUT2D eigenvalue weighted by atomic mass is 10.0. The molecule has 0 spiro atoms. The summed E-state index contributed by atoms with van der Waals surface area (Å²) in [6.45, 7) is 9.62. The summed E-state index contributed by atoms with van der Waals surface area (Å²) in [6.07, 6.45) is 0. The SMILES string of the molecule is Cc1cc(C)c(NC(=O)C(C#N)=C2C(=O)N(C(C)C)c3ccccc32)c(C)c1. The smallest absolute Gasteiger partial charge is 0.267 e. The molecule has 1 aliphatic heterocycles. The summed E-state index contributed by atoms with van der Waals surface area (Å²) in [5.41, 5.74) is 4.92. The maximum atomic E-state index is 13.1. The number of nitrogens with zero attached hydrogens (tertiary/aromatic N) is 2. The van der Waals surface area contributed by atoms with Crippen molar-refractivity contribution >= 4 is 28.8 Å². The van der Waals surface area contributed by atoms with Crippen LogP contribution in [-0.4, -0.2) is 17.9 Å². The van der Waals surface area contributed by atoms with Gasteiger partial charge in [0.1, 0.15) is 11.6 Å². The molecule has 3 rings (SSSR count). The van der Waals surface area contributed by atoms with Gasteiger partial charge in [-0.1, -0.05) is 35.9 Å². The minimum atomic E-state index is -0.568. The molecule has 1 heterocycles. The average Bonchev–Trinajstić information content (AvgIpc) is 2.91. The number of nitriles is 1. The van der Waals surface area contributed by atoms with E-state index in [4.69, 9.17) is 0 Å². The molecule has 1 N–H and O–H groups in total. The van der Waals surface area contributed by atoms with Crippen molar-refractivity contribution < 1.29 is 9.59 Å². The lowest BCUT2D eigenvalue weighted by Gasteiger charge is -2.21. The van der Waals surface area contributed by atoms with Gasteiger partial charge in [0.15, 0.2) is 0 Å². The highest BCUT2D eigenvalue weighted by Gasteiger charge is 2.37. The van der Waals surface area contributed by atoms with E-state index in [1.54, 1.807) is 17.0 Å². The van der Waals surface area contributed by atoms with Gasteiger partial charge in [-0.15, -0.1) is 0 Å². The number of benzene rings is 2. The first-order valence-corrected chi connectivity index (χ1v) is 9.22. The zero-order valence-corrected chi connectivity index (χ0v) is 16.8. The molecule has 0 unspecified atom stereocenters. The molecule has 2 aromatic rings. The van der Waals surface area contributed by atoms with Crippen LogP contribution in [0, 0.1) is 32.1 Å². The maximum Gasteiger partial charge on any atom is 0.267 e. The number of anilines is 2. The second-order valence-corrected chi connectivity index (χ2v) is 7.38. The van der Waals surface area contributed by atoms with Gasteiger partial charge >= 0.3 is 0 Å². The number of amides is 2. The van der Waals surface area contributed by atoms with Crippen molar-refractivity contribution in [1.29, 1.82) is 5.26 Å². The molecule has 0 aliphatic carbocycles. The minimum Gasteiger partial charge on any atom is -0.321 e. The standard InChI is InChI=1S/C23H23N3O2/c1-13(2)26-19-9-7-6-8-17(19)20(23(26)28)18(12-24)22(27)25-21-15(4)10-14(3)11-16(21)5/h6-11,13H,1-5H3,(H,25,27). The molecule has 1 aliphatic rings. The van der Waals surface area contributed by atoms with Crippen molar-refractivity contribution in [3.05, 3.63) is 64.2 Å². The van der Waals surface area contributed by atoms with Crippen LogP contribution in [-0.2, 0) is 9.59 Å². The first kappa shape index (κ1) is 19.4. The van der Waals surface area contributed by atoms with Crippen molar-refractivity contribution in [2.24, 2.45) is 0 Å². The summed E-state index contributed by atoms with van der Waals surface area (Å²) >= 11 is 0. The van der Waals surface area contributed by atoms with Crippen LogP contribution in [0.15, 0.2) is 42.0 Å². The third kappa shape index (κ3) is 3.18. The quantitative estimate of drug-likeness (QED) is 0.644. The molecule has 0 saturated heterocycles. The van der Waals surface area contributed by atoms with Gasteiger partial charge in [-0.05, 0) is 51.8 Å². The Labute approximate surface area is 165 Å². The summed E-state index contributed by atoms with van der Waals surface area (Å²) in [4.78, 5) is 27.7. The fourth-order valence-electron chi connectivity index (χ4n) is 3.77. The highest BCUT2D eigenvalue weighted by Crippen LogP contribution is 2.39. The third-order valence-corrected chi connectivity index (χ3v) is 4.89. The molecule has 5 heteroatoms. The van der Waals surface area contributed by atoms with Crippen LogP contribution in [0.4, 0.5) is 11.4 Å². The van der Waals surface area contributed by atoms with E-state index in [-0.39, 0.29) is 23.1 Å². The maximum absolute atomic E-state index is 13.1. The number of rotatable bonds is 3. The van der Waals surface area contributed by atoms with E-state index in [1.807, 2.05) is 65.0 Å². The van der Waals surface area contributed by atoms with Crippen LogP contribution in [0.25, 0.3) is 5.57 Å². The molecule has 142 valence electrons. The molecule has 0 fully saturated rings. The number of carbonyl (C=O) groups is 2. The zero-order valence-electron chi connectivity index (χ0n) is 16.8. The minimum absolute atomic E-state index is 0.0873. The first-order chi connectivity index (χ1) is 13.3. The van der Waals surface area contributed by atoms with Gasteiger partial charge in [0.25, 0.3) is 11.8 Å². The fourth-order valence-corrected chi connectivity index (χ4v) is 3.77. The van der Waals surface area contributed by atoms with Crippen molar-refractivity contribution in [2.45, 2.75) is 40.7 Å². The second kappa shape index (κ2) is 7.32. The van der Waals surface area contributed by atoms with E-state index in [9.17, 15) is 14.9 Å². The Morgan fingerprint density at radius 2 is 1.71 bits per heavy atom. The van der Waals surface area contributed by atoms with Crippen LogP contribution >= 0.6 is 0 Å². The monoisotopic (exact) mass is 373 g/mol. The van der Waals surface area contributed by atoms with E-state index in [1.165, 1.54) is 0 Å². The van der Waals surface area contributed by atoms with Gasteiger partial charge in [-0.3, -0.25) is 9.59 Å². The second-order valence-electron chi connectivity index (χ2n) is 7.38. The van der Waals surface area contributed by atoms with Gasteiger partial charge in [0, 0.05) is 17.3 Å². The number of aryl methyl sites for hydroxylation is 3. The highest BCUT2D eigenvalue weighted by molar-refractivity contribution is 6.38. The Bertz CT molecular complexity index is 1030. The molecule has 0 radical (unpaired) electrons. The normalized spacial score (nSPS) is 14.8. The summed E-state index contributed by atoms with van der Waals surface area (Å²) < 4.78 is 0. The summed E-state index contributed by atoms with van der Waals surface area (Å²) in [6, 6.07) is 13.1. The van der Waals surface area contributed by atoms with Crippen LogP contribution in [0.3, 0.4) is 0 Å². The van der Waals surface area contributed by atoms with Crippen LogP contribution < -0.4 is 10.2 Å². The molecular formula is C23H23N3O2. The molecule has 0 aromatic heterocycles. The molecule has 5 nitrogen and oxygen atoms in total. The molecular weight excluding hydrogens is 350 g/mol. The molecule has 28 heavy (non-hydrogen) atoms. The lowest BCUT2D eigenvalue weighted by molar-refractivity contribution is -0.115. The van der Waals surface area contributed by atoms with Crippen LogP contribution in [0.2, 0.25) is 0 Å². The topological polar surface area (TPSA) is 73.2 Å². The van der Waals surface area contributed by atoms with E-state index in [2.05, 4.69) is 5.32 Å². The van der Waals surface area contributed by atoms with Gasteiger partial charge in [-0.25, -0.2) is 0 Å². The predicted octanol–water partition coefficient (Wildman–Crippen LogP) is 4.28. The van der Waals surface area contributed by atoms with Gasteiger partial charge in [-0.2, -0.15) is 5.26 Å².